The second-order valence-electron chi connectivity index (χ2n) is 1.65. The molecule has 0 heterocycles. The van der Waals surface area contributed by atoms with Gasteiger partial charge in [0.15, 0.2) is 0 Å². The Morgan fingerprint density at radius 2 is 2.12 bits per heavy atom. The van der Waals surface area contributed by atoms with Gasteiger partial charge < -0.3 is 4.74 Å². The van der Waals surface area contributed by atoms with Gasteiger partial charge in [0.1, 0.15) is 0 Å². The smallest absolute Gasteiger partial charge is 0.0555 e. The third kappa shape index (κ3) is 6.69. The van der Waals surface area contributed by atoms with Crippen LogP contribution in [0.25, 0.3) is 0 Å². The van der Waals surface area contributed by atoms with Gasteiger partial charge in [0, 0.05) is 11.0 Å². The van der Waals surface area contributed by atoms with E-state index in [1.54, 1.807) is 0 Å². The molecule has 0 radical (unpaired) electrons. The fourth-order valence-electron chi connectivity index (χ4n) is 0.403. The Balaban J connectivity index is 2.53. The Bertz CT molecular complexity index is 33.5. The maximum atomic E-state index is 5.22. The van der Waals surface area contributed by atoms with Crippen molar-refractivity contribution in [2.45, 2.75) is 19.8 Å². The molecule has 0 saturated heterocycles. The molecule has 0 bridgehead atoms. The van der Waals surface area contributed by atoms with E-state index in [4.69, 9.17) is 4.74 Å². The van der Waals surface area contributed by atoms with E-state index in [1.165, 1.54) is 12.8 Å². The zero-order valence-corrected chi connectivity index (χ0v) is 7.48. The molecule has 0 aliphatic heterocycles. The number of halogens is 1. The Hall–Kier alpha value is 0.690. The summed E-state index contributed by atoms with van der Waals surface area (Å²) in [6, 6.07) is 0. The molecule has 0 rings (SSSR count). The van der Waals surface area contributed by atoms with E-state index in [1.807, 2.05) is 0 Å². The first kappa shape index (κ1) is 8.69. The van der Waals surface area contributed by atoms with Gasteiger partial charge in [-0.05, 0) is 6.42 Å². The van der Waals surface area contributed by atoms with Gasteiger partial charge in [-0.1, -0.05) is 35.9 Å². The largest absolute Gasteiger partial charge is 0.381 e. The highest BCUT2D eigenvalue weighted by Crippen LogP contribution is 1.88. The molecule has 0 spiro atoms. The van der Waals surface area contributed by atoms with Crippen LogP contribution in [0.3, 0.4) is 0 Å². The average molecular weight is 228 g/mol. The Labute approximate surface area is 64.9 Å². The van der Waals surface area contributed by atoms with Crippen LogP contribution >= 0.6 is 22.6 Å². The minimum Gasteiger partial charge on any atom is -0.381 e. The Morgan fingerprint density at radius 3 is 2.62 bits per heavy atom. The molecule has 0 unspecified atom stereocenters. The third-order valence-corrected chi connectivity index (χ3v) is 1.30. The van der Waals surface area contributed by atoms with Crippen LogP contribution in [-0.2, 0) is 4.74 Å². The van der Waals surface area contributed by atoms with Crippen LogP contribution in [-0.4, -0.2) is 17.6 Å². The lowest BCUT2D eigenvalue weighted by atomic mass is 10.4. The molecule has 0 amide bonds. The highest BCUT2D eigenvalue weighted by Gasteiger charge is 1.82. The van der Waals surface area contributed by atoms with Crippen molar-refractivity contribution in [1.29, 1.82) is 0 Å². The van der Waals surface area contributed by atoms with Crippen molar-refractivity contribution < 1.29 is 4.74 Å². The maximum absolute atomic E-state index is 5.22. The van der Waals surface area contributed by atoms with Crippen molar-refractivity contribution in [3.8, 4) is 0 Å². The summed E-state index contributed by atoms with van der Waals surface area (Å²) in [5.41, 5.74) is 0. The number of alkyl halides is 1. The molecular weight excluding hydrogens is 215 g/mol. The summed E-state index contributed by atoms with van der Waals surface area (Å²) in [7, 11) is 0. The van der Waals surface area contributed by atoms with Crippen molar-refractivity contribution in [2.24, 2.45) is 0 Å². The minimum atomic E-state index is 0.917. The topological polar surface area (TPSA) is 9.23 Å². The van der Waals surface area contributed by atoms with E-state index in [2.05, 4.69) is 29.5 Å². The summed E-state index contributed by atoms with van der Waals surface area (Å²) in [6.07, 6.45) is 2.44. The van der Waals surface area contributed by atoms with Crippen molar-refractivity contribution in [2.75, 3.05) is 17.6 Å². The van der Waals surface area contributed by atoms with Gasteiger partial charge in [0.2, 0.25) is 0 Å². The number of hydrogen-bond acceptors (Lipinski definition) is 1. The molecule has 0 fully saturated rings. The fraction of sp³-hybridized carbons (Fsp3) is 1.00. The lowest BCUT2D eigenvalue weighted by Crippen LogP contribution is -1.96. The first-order valence-electron chi connectivity index (χ1n) is 3.05. The predicted molar refractivity (Wildman–Crippen MR) is 44.6 cm³/mol. The van der Waals surface area contributed by atoms with Crippen molar-refractivity contribution in [3.63, 3.8) is 0 Å². The monoisotopic (exact) mass is 228 g/mol. The van der Waals surface area contributed by atoms with E-state index >= 15 is 0 Å². The summed E-state index contributed by atoms with van der Waals surface area (Å²) >= 11 is 2.31. The average Bonchev–Trinajstić information content (AvgIpc) is 1.81. The molecule has 0 aromatic heterocycles. The molecule has 0 aromatic carbocycles. The first-order valence-corrected chi connectivity index (χ1v) is 4.58. The highest BCUT2D eigenvalue weighted by molar-refractivity contribution is 14.1. The first-order chi connectivity index (χ1) is 3.91. The van der Waals surface area contributed by atoms with Gasteiger partial charge in [-0.15, -0.1) is 0 Å². The Kier molecular flexibility index (Phi) is 8.35. The quantitative estimate of drug-likeness (QED) is 0.398. The molecular formula is C6H13IO. The molecule has 0 atom stereocenters. The maximum Gasteiger partial charge on any atom is 0.0555 e. The van der Waals surface area contributed by atoms with Crippen LogP contribution in [0.15, 0.2) is 0 Å². The van der Waals surface area contributed by atoms with E-state index < -0.39 is 0 Å². The van der Waals surface area contributed by atoms with E-state index in [9.17, 15) is 0 Å². The summed E-state index contributed by atoms with van der Waals surface area (Å²) < 4.78 is 6.33. The molecule has 8 heavy (non-hydrogen) atoms. The number of rotatable bonds is 5. The highest BCUT2D eigenvalue weighted by atomic mass is 127. The van der Waals surface area contributed by atoms with Gasteiger partial charge in [0.25, 0.3) is 0 Å². The van der Waals surface area contributed by atoms with E-state index in [0.29, 0.717) is 0 Å². The molecule has 0 N–H and O–H groups in total. The number of unbranched alkanes of at least 4 members (excludes halogenated alkanes) is 1. The summed E-state index contributed by atoms with van der Waals surface area (Å²) in [5.74, 6) is 0. The van der Waals surface area contributed by atoms with Gasteiger partial charge in [0.05, 0.1) is 6.61 Å². The summed E-state index contributed by atoms with van der Waals surface area (Å²) in [4.78, 5) is 0. The molecule has 0 aliphatic rings. The van der Waals surface area contributed by atoms with Crippen molar-refractivity contribution >= 4 is 22.6 Å². The molecule has 0 aromatic rings. The molecule has 0 aliphatic carbocycles. The lowest BCUT2D eigenvalue weighted by Gasteiger charge is -1.97. The Morgan fingerprint density at radius 1 is 1.38 bits per heavy atom. The molecule has 2 heteroatoms. The summed E-state index contributed by atoms with van der Waals surface area (Å²) in [5, 5.41) is 0. The van der Waals surface area contributed by atoms with Gasteiger partial charge in [-0.25, -0.2) is 0 Å². The summed E-state index contributed by atoms with van der Waals surface area (Å²) in [6.45, 7) is 4.04. The van der Waals surface area contributed by atoms with Gasteiger partial charge >= 0.3 is 0 Å². The number of hydrogen-bond donors (Lipinski definition) is 0. The third-order valence-electron chi connectivity index (χ3n) is 0.864. The molecule has 1 nitrogen and oxygen atoms in total. The van der Waals surface area contributed by atoms with Gasteiger partial charge in [-0.3, -0.25) is 0 Å². The zero-order valence-electron chi connectivity index (χ0n) is 5.32. The SMILES string of the molecule is CCCCOCCI. The van der Waals surface area contributed by atoms with Crippen LogP contribution in [0, 0.1) is 0 Å². The minimum absolute atomic E-state index is 0.917. The predicted octanol–water partition coefficient (Wildman–Crippen LogP) is 2.24. The fourth-order valence-corrected chi connectivity index (χ4v) is 0.714. The van der Waals surface area contributed by atoms with Crippen LogP contribution in [0.5, 0.6) is 0 Å². The lowest BCUT2D eigenvalue weighted by molar-refractivity contribution is 0.148. The van der Waals surface area contributed by atoms with Crippen molar-refractivity contribution in [3.05, 3.63) is 0 Å². The van der Waals surface area contributed by atoms with Crippen LogP contribution in [0.4, 0.5) is 0 Å². The van der Waals surface area contributed by atoms with Crippen LogP contribution in [0.2, 0.25) is 0 Å². The number of ether oxygens (including phenoxy) is 1. The van der Waals surface area contributed by atoms with E-state index in [0.717, 1.165) is 17.6 Å². The zero-order chi connectivity index (χ0) is 6.24. The van der Waals surface area contributed by atoms with Gasteiger partial charge in [-0.2, -0.15) is 0 Å². The second kappa shape index (κ2) is 7.69. The molecule has 50 valence electrons. The standard InChI is InChI=1S/C6H13IO/c1-2-3-5-8-6-4-7/h2-6H2,1H3. The van der Waals surface area contributed by atoms with Crippen LogP contribution < -0.4 is 0 Å². The second-order valence-corrected chi connectivity index (χ2v) is 2.73. The van der Waals surface area contributed by atoms with E-state index in [-0.39, 0.29) is 0 Å². The normalized spacial score (nSPS) is 9.75. The molecule has 0 saturated carbocycles. The van der Waals surface area contributed by atoms with Crippen LogP contribution in [0.1, 0.15) is 19.8 Å². The van der Waals surface area contributed by atoms with Crippen molar-refractivity contribution in [1.82, 2.24) is 0 Å².